The Morgan fingerprint density at radius 2 is 1.91 bits per heavy atom. The lowest BCUT2D eigenvalue weighted by atomic mass is 10.1. The largest absolute Gasteiger partial charge is 0.380 e. The highest BCUT2D eigenvalue weighted by Crippen LogP contribution is 2.10. The molecule has 2 aromatic rings. The molecule has 22 heavy (non-hydrogen) atoms. The van der Waals surface area contributed by atoms with Crippen molar-refractivity contribution in [3.05, 3.63) is 76.9 Å². The topological polar surface area (TPSA) is 38.3 Å². The molecule has 1 amide bonds. The van der Waals surface area contributed by atoms with Gasteiger partial charge in [-0.05, 0) is 29.7 Å². The normalized spacial score (nSPS) is 10.8. The van der Waals surface area contributed by atoms with E-state index in [1.54, 1.807) is 13.2 Å². The lowest BCUT2D eigenvalue weighted by Crippen LogP contribution is -2.21. The first-order valence-corrected chi connectivity index (χ1v) is 7.27. The zero-order chi connectivity index (χ0) is 15.8. The first-order valence-electron chi connectivity index (χ1n) is 7.27. The summed E-state index contributed by atoms with van der Waals surface area (Å²) >= 11 is 0. The van der Waals surface area contributed by atoms with Crippen LogP contribution in [-0.4, -0.2) is 13.0 Å². The van der Waals surface area contributed by atoms with Crippen LogP contribution in [0.25, 0.3) is 6.08 Å². The van der Waals surface area contributed by atoms with E-state index in [2.05, 4.69) is 5.32 Å². The predicted molar refractivity (Wildman–Crippen MR) is 89.2 cm³/mol. The summed E-state index contributed by atoms with van der Waals surface area (Å²) < 4.78 is 5.17. The van der Waals surface area contributed by atoms with Gasteiger partial charge in [0.05, 0.1) is 6.61 Å². The highest BCUT2D eigenvalue weighted by atomic mass is 16.5. The van der Waals surface area contributed by atoms with Gasteiger partial charge in [-0.3, -0.25) is 4.79 Å². The maximum absolute atomic E-state index is 11.9. The lowest BCUT2D eigenvalue weighted by molar-refractivity contribution is -0.116. The minimum absolute atomic E-state index is 0.103. The fourth-order valence-corrected chi connectivity index (χ4v) is 2.21. The lowest BCUT2D eigenvalue weighted by Gasteiger charge is -2.08. The minimum Gasteiger partial charge on any atom is -0.380 e. The van der Waals surface area contributed by atoms with E-state index < -0.39 is 0 Å². The number of hydrogen-bond acceptors (Lipinski definition) is 2. The van der Waals surface area contributed by atoms with Crippen LogP contribution >= 0.6 is 0 Å². The molecule has 3 nitrogen and oxygen atoms in total. The van der Waals surface area contributed by atoms with Gasteiger partial charge in [-0.2, -0.15) is 0 Å². The second-order valence-electron chi connectivity index (χ2n) is 5.17. The summed E-state index contributed by atoms with van der Waals surface area (Å²) in [5, 5.41) is 2.90. The van der Waals surface area contributed by atoms with Gasteiger partial charge in [0.15, 0.2) is 0 Å². The molecule has 0 fully saturated rings. The Hall–Kier alpha value is -2.39. The number of nitrogens with one attached hydrogen (secondary N) is 1. The molecular formula is C19H21NO2. The monoisotopic (exact) mass is 295 g/mol. The summed E-state index contributed by atoms with van der Waals surface area (Å²) in [6.45, 7) is 3.08. The fourth-order valence-electron chi connectivity index (χ4n) is 2.21. The SMILES string of the molecule is COCc1ccccc1CNC(=O)/C=C/c1cccc(C)c1. The summed E-state index contributed by atoms with van der Waals surface area (Å²) in [6.07, 6.45) is 3.39. The number of carbonyl (C=O) groups is 1. The molecule has 0 atom stereocenters. The van der Waals surface area contributed by atoms with Crippen molar-refractivity contribution in [3.8, 4) is 0 Å². The van der Waals surface area contributed by atoms with Crippen LogP contribution in [0.4, 0.5) is 0 Å². The van der Waals surface area contributed by atoms with Crippen LogP contribution < -0.4 is 5.32 Å². The van der Waals surface area contributed by atoms with Gasteiger partial charge in [0, 0.05) is 19.7 Å². The molecule has 3 heteroatoms. The molecule has 0 aliphatic carbocycles. The average Bonchev–Trinajstić information content (AvgIpc) is 2.52. The van der Waals surface area contributed by atoms with Crippen LogP contribution in [0.1, 0.15) is 22.3 Å². The Balaban J connectivity index is 1.93. The molecule has 0 aromatic heterocycles. The number of carbonyl (C=O) groups excluding carboxylic acids is 1. The first kappa shape index (κ1) is 16.0. The number of ether oxygens (including phenoxy) is 1. The van der Waals surface area contributed by atoms with E-state index in [1.807, 2.05) is 61.5 Å². The van der Waals surface area contributed by atoms with Crippen molar-refractivity contribution in [3.63, 3.8) is 0 Å². The Morgan fingerprint density at radius 3 is 2.64 bits per heavy atom. The van der Waals surface area contributed by atoms with Crippen molar-refractivity contribution in [1.82, 2.24) is 5.32 Å². The Morgan fingerprint density at radius 1 is 1.14 bits per heavy atom. The third kappa shape index (κ3) is 4.86. The molecule has 1 N–H and O–H groups in total. The van der Waals surface area contributed by atoms with Gasteiger partial charge in [-0.1, -0.05) is 54.1 Å². The molecular weight excluding hydrogens is 274 g/mol. The van der Waals surface area contributed by atoms with Crippen LogP contribution in [0.3, 0.4) is 0 Å². The van der Waals surface area contributed by atoms with E-state index >= 15 is 0 Å². The summed E-state index contributed by atoms with van der Waals surface area (Å²) in [6, 6.07) is 16.0. The van der Waals surface area contributed by atoms with Gasteiger partial charge < -0.3 is 10.1 Å². The number of rotatable bonds is 6. The summed E-state index contributed by atoms with van der Waals surface area (Å²) in [7, 11) is 1.67. The number of amides is 1. The zero-order valence-electron chi connectivity index (χ0n) is 13.0. The first-order chi connectivity index (χ1) is 10.7. The van der Waals surface area contributed by atoms with Gasteiger partial charge in [0.2, 0.25) is 5.91 Å². The van der Waals surface area contributed by atoms with Gasteiger partial charge >= 0.3 is 0 Å². The Kier molecular flexibility index (Phi) is 5.92. The molecule has 0 aliphatic heterocycles. The van der Waals surface area contributed by atoms with Crippen molar-refractivity contribution in [1.29, 1.82) is 0 Å². The van der Waals surface area contributed by atoms with Crippen LogP contribution in [0.15, 0.2) is 54.6 Å². The number of methoxy groups -OCH3 is 1. The second-order valence-corrected chi connectivity index (χ2v) is 5.17. The van der Waals surface area contributed by atoms with Crippen molar-refractivity contribution >= 4 is 12.0 Å². The van der Waals surface area contributed by atoms with E-state index in [-0.39, 0.29) is 5.91 Å². The van der Waals surface area contributed by atoms with Crippen molar-refractivity contribution < 1.29 is 9.53 Å². The zero-order valence-corrected chi connectivity index (χ0v) is 13.0. The Bertz CT molecular complexity index is 662. The van der Waals surface area contributed by atoms with Gasteiger partial charge in [-0.25, -0.2) is 0 Å². The molecule has 0 aliphatic rings. The van der Waals surface area contributed by atoms with Crippen molar-refractivity contribution in [2.75, 3.05) is 7.11 Å². The summed E-state index contributed by atoms with van der Waals surface area (Å²) in [5.74, 6) is -0.103. The maximum atomic E-state index is 11.9. The molecule has 0 bridgehead atoms. The second kappa shape index (κ2) is 8.15. The number of benzene rings is 2. The van der Waals surface area contributed by atoms with Crippen LogP contribution in [-0.2, 0) is 22.7 Å². The molecule has 0 unspecified atom stereocenters. The average molecular weight is 295 g/mol. The third-order valence-corrected chi connectivity index (χ3v) is 3.34. The fraction of sp³-hybridized carbons (Fsp3) is 0.211. The van der Waals surface area contributed by atoms with E-state index in [4.69, 9.17) is 4.74 Å². The quantitative estimate of drug-likeness (QED) is 0.829. The maximum Gasteiger partial charge on any atom is 0.244 e. The standard InChI is InChI=1S/C19H21NO2/c1-15-6-5-7-16(12-15)10-11-19(21)20-13-17-8-3-4-9-18(17)14-22-2/h3-12H,13-14H2,1-2H3,(H,20,21)/b11-10+. The number of hydrogen-bond donors (Lipinski definition) is 1. The van der Waals surface area contributed by atoms with Crippen molar-refractivity contribution in [2.45, 2.75) is 20.1 Å². The molecule has 0 spiro atoms. The van der Waals surface area contributed by atoms with E-state index in [0.717, 1.165) is 16.7 Å². The van der Waals surface area contributed by atoms with Crippen LogP contribution in [0.2, 0.25) is 0 Å². The van der Waals surface area contributed by atoms with E-state index in [9.17, 15) is 4.79 Å². The molecule has 2 rings (SSSR count). The highest BCUT2D eigenvalue weighted by Gasteiger charge is 2.02. The molecule has 0 radical (unpaired) electrons. The van der Waals surface area contributed by atoms with Crippen molar-refractivity contribution in [2.24, 2.45) is 0 Å². The minimum atomic E-state index is -0.103. The summed E-state index contributed by atoms with van der Waals surface area (Å²) in [5.41, 5.74) is 4.36. The van der Waals surface area contributed by atoms with Gasteiger partial charge in [-0.15, -0.1) is 0 Å². The molecule has 0 heterocycles. The molecule has 0 saturated carbocycles. The third-order valence-electron chi connectivity index (χ3n) is 3.34. The highest BCUT2D eigenvalue weighted by molar-refractivity contribution is 5.91. The van der Waals surface area contributed by atoms with Crippen LogP contribution in [0.5, 0.6) is 0 Å². The van der Waals surface area contributed by atoms with Crippen LogP contribution in [0, 0.1) is 6.92 Å². The van der Waals surface area contributed by atoms with Gasteiger partial charge in [0.25, 0.3) is 0 Å². The Labute approximate surface area is 131 Å². The van der Waals surface area contributed by atoms with E-state index in [0.29, 0.717) is 13.2 Å². The van der Waals surface area contributed by atoms with E-state index in [1.165, 1.54) is 5.56 Å². The summed E-state index contributed by atoms with van der Waals surface area (Å²) in [4.78, 5) is 11.9. The van der Waals surface area contributed by atoms with Gasteiger partial charge in [0.1, 0.15) is 0 Å². The smallest absolute Gasteiger partial charge is 0.244 e. The molecule has 2 aromatic carbocycles. The molecule has 114 valence electrons. The predicted octanol–water partition coefficient (Wildman–Crippen LogP) is 3.47. The molecule has 0 saturated heterocycles. The number of aryl methyl sites for hydroxylation is 1.